The summed E-state index contributed by atoms with van der Waals surface area (Å²) in [6.07, 6.45) is 0. The fourth-order valence-electron chi connectivity index (χ4n) is 8.42. The van der Waals surface area contributed by atoms with Crippen molar-refractivity contribution in [1.82, 2.24) is 0 Å². The fraction of sp³-hybridized carbons (Fsp3) is 0. The number of para-hydroxylation sites is 2. The van der Waals surface area contributed by atoms with E-state index in [1.165, 1.54) is 59.8 Å². The highest BCUT2D eigenvalue weighted by atomic mass is 16.3. The highest BCUT2D eigenvalue weighted by molar-refractivity contribution is 6.25. The Morgan fingerprint density at radius 2 is 0.852 bits per heavy atom. The van der Waals surface area contributed by atoms with Crippen molar-refractivity contribution in [2.45, 2.75) is 0 Å². The van der Waals surface area contributed by atoms with Gasteiger partial charge in [0.25, 0.3) is 0 Å². The zero-order valence-corrected chi connectivity index (χ0v) is 29.4. The zero-order chi connectivity index (χ0) is 35.6. The first-order valence-corrected chi connectivity index (χ1v) is 18.5. The van der Waals surface area contributed by atoms with E-state index in [1.807, 2.05) is 12.1 Å². The Labute approximate surface area is 312 Å². The molecule has 0 amide bonds. The van der Waals surface area contributed by atoms with Crippen LogP contribution in [0.2, 0.25) is 0 Å². The maximum absolute atomic E-state index is 6.63. The summed E-state index contributed by atoms with van der Waals surface area (Å²) in [7, 11) is 0. The molecule has 10 aromatic carbocycles. The monoisotopic (exact) mass is 687 g/mol. The molecule has 0 bridgehead atoms. The number of hydrogen-bond donors (Lipinski definition) is 0. The number of nitrogens with zero attached hydrogens (tertiary/aromatic N) is 1. The van der Waals surface area contributed by atoms with E-state index < -0.39 is 0 Å². The van der Waals surface area contributed by atoms with Crippen LogP contribution in [0.1, 0.15) is 0 Å². The van der Waals surface area contributed by atoms with Crippen LogP contribution in [0.4, 0.5) is 17.1 Å². The third-order valence-electron chi connectivity index (χ3n) is 11.0. The number of anilines is 3. The standard InChI is InChI=1S/C52H33NO/c1-2-12-36-31-38(24-23-34(36)11-1)37-13-9-14-41(32-37)53(50-21-10-20-48-47-19-7-8-22-51(47)54-52(48)50)40-28-25-35(26-29-40)39-27-30-46-44-17-4-3-15-42(44)43-16-5-6-18-45(43)49(46)33-39/h1-33H. The molecule has 11 rings (SSSR count). The van der Waals surface area contributed by atoms with Crippen molar-refractivity contribution in [3.8, 4) is 22.3 Å². The molecule has 0 N–H and O–H groups in total. The highest BCUT2D eigenvalue weighted by Crippen LogP contribution is 2.44. The summed E-state index contributed by atoms with van der Waals surface area (Å²) in [4.78, 5) is 2.33. The molecule has 0 saturated heterocycles. The predicted molar refractivity (Wildman–Crippen MR) is 229 cm³/mol. The maximum atomic E-state index is 6.63. The van der Waals surface area contributed by atoms with Crippen LogP contribution in [0, 0.1) is 0 Å². The van der Waals surface area contributed by atoms with Gasteiger partial charge in [0.1, 0.15) is 5.58 Å². The molecule has 1 heterocycles. The van der Waals surface area contributed by atoms with E-state index in [2.05, 4.69) is 193 Å². The van der Waals surface area contributed by atoms with Gasteiger partial charge in [-0.3, -0.25) is 0 Å². The van der Waals surface area contributed by atoms with Crippen molar-refractivity contribution >= 4 is 82.1 Å². The smallest absolute Gasteiger partial charge is 0.159 e. The van der Waals surface area contributed by atoms with Crippen LogP contribution in [-0.2, 0) is 0 Å². The quantitative estimate of drug-likeness (QED) is 0.168. The van der Waals surface area contributed by atoms with Crippen LogP contribution in [0.15, 0.2) is 205 Å². The summed E-state index contributed by atoms with van der Waals surface area (Å²) < 4.78 is 6.63. The summed E-state index contributed by atoms with van der Waals surface area (Å²) in [5.41, 5.74) is 9.57. The van der Waals surface area contributed by atoms with Gasteiger partial charge in [-0.1, -0.05) is 152 Å². The van der Waals surface area contributed by atoms with Crippen LogP contribution in [0.5, 0.6) is 0 Å². The first kappa shape index (κ1) is 30.5. The van der Waals surface area contributed by atoms with Crippen molar-refractivity contribution in [3.05, 3.63) is 200 Å². The second-order valence-corrected chi connectivity index (χ2v) is 14.1. The molecule has 0 aliphatic rings. The van der Waals surface area contributed by atoms with Gasteiger partial charge in [-0.2, -0.15) is 0 Å². The molecular formula is C52H33NO. The summed E-state index contributed by atoms with van der Waals surface area (Å²) in [6.45, 7) is 0. The van der Waals surface area contributed by atoms with Crippen LogP contribution >= 0.6 is 0 Å². The van der Waals surface area contributed by atoms with Crippen molar-refractivity contribution in [2.24, 2.45) is 0 Å². The first-order chi connectivity index (χ1) is 26.8. The summed E-state index contributed by atoms with van der Waals surface area (Å²) in [5.74, 6) is 0. The molecule has 2 heteroatoms. The lowest BCUT2D eigenvalue weighted by molar-refractivity contribution is 0.669. The molecule has 0 fully saturated rings. The number of furan rings is 1. The van der Waals surface area contributed by atoms with E-state index in [9.17, 15) is 0 Å². The first-order valence-electron chi connectivity index (χ1n) is 18.5. The Morgan fingerprint density at radius 3 is 1.63 bits per heavy atom. The Kier molecular flexibility index (Phi) is 6.90. The van der Waals surface area contributed by atoms with Crippen molar-refractivity contribution in [1.29, 1.82) is 0 Å². The van der Waals surface area contributed by atoms with E-state index in [0.29, 0.717) is 0 Å². The van der Waals surface area contributed by atoms with Gasteiger partial charge in [0.15, 0.2) is 5.58 Å². The van der Waals surface area contributed by atoms with Crippen molar-refractivity contribution in [3.63, 3.8) is 0 Å². The molecule has 0 atom stereocenters. The summed E-state index contributed by atoms with van der Waals surface area (Å²) >= 11 is 0. The minimum atomic E-state index is 0.868. The van der Waals surface area contributed by atoms with Gasteiger partial charge in [-0.05, 0) is 114 Å². The Hall–Kier alpha value is -7.16. The molecule has 2 nitrogen and oxygen atoms in total. The largest absolute Gasteiger partial charge is 0.454 e. The van der Waals surface area contributed by atoms with Gasteiger partial charge in [0.2, 0.25) is 0 Å². The zero-order valence-electron chi connectivity index (χ0n) is 29.4. The molecule has 0 spiro atoms. The molecule has 1 aromatic heterocycles. The number of hydrogen-bond acceptors (Lipinski definition) is 2. The number of rotatable bonds is 5. The maximum Gasteiger partial charge on any atom is 0.159 e. The summed E-state index contributed by atoms with van der Waals surface area (Å²) in [5, 5.41) is 12.4. The van der Waals surface area contributed by atoms with Gasteiger partial charge in [-0.15, -0.1) is 0 Å². The SMILES string of the molecule is c1cc(-c2ccc3ccccc3c2)cc(N(c2ccc(-c3ccc4c5ccccc5c5ccccc5c4c3)cc2)c2cccc3c2oc2ccccc23)c1. The number of fused-ring (bicyclic) bond motifs is 10. The third-order valence-corrected chi connectivity index (χ3v) is 11.0. The van der Waals surface area contributed by atoms with E-state index in [4.69, 9.17) is 4.42 Å². The Morgan fingerprint density at radius 1 is 0.296 bits per heavy atom. The molecule has 11 aromatic rings. The van der Waals surface area contributed by atoms with E-state index >= 15 is 0 Å². The lowest BCUT2D eigenvalue weighted by atomic mass is 9.92. The van der Waals surface area contributed by atoms with Crippen LogP contribution < -0.4 is 4.90 Å². The van der Waals surface area contributed by atoms with E-state index in [0.717, 1.165) is 44.6 Å². The van der Waals surface area contributed by atoms with Crippen molar-refractivity contribution in [2.75, 3.05) is 4.90 Å². The molecule has 0 aliphatic heterocycles. The van der Waals surface area contributed by atoms with Crippen LogP contribution in [-0.4, -0.2) is 0 Å². The van der Waals surface area contributed by atoms with Gasteiger partial charge in [-0.25, -0.2) is 0 Å². The average Bonchev–Trinajstić information content (AvgIpc) is 3.63. The molecule has 54 heavy (non-hydrogen) atoms. The van der Waals surface area contributed by atoms with Gasteiger partial charge < -0.3 is 9.32 Å². The lowest BCUT2D eigenvalue weighted by Gasteiger charge is -2.26. The molecule has 0 unspecified atom stereocenters. The minimum absolute atomic E-state index is 0.868. The Bertz CT molecular complexity index is 3190. The highest BCUT2D eigenvalue weighted by Gasteiger charge is 2.20. The normalized spacial score (nSPS) is 11.7. The fourth-order valence-corrected chi connectivity index (χ4v) is 8.42. The van der Waals surface area contributed by atoms with Crippen molar-refractivity contribution < 1.29 is 4.42 Å². The van der Waals surface area contributed by atoms with Gasteiger partial charge in [0.05, 0.1) is 5.69 Å². The molecular weight excluding hydrogens is 655 g/mol. The van der Waals surface area contributed by atoms with E-state index in [-0.39, 0.29) is 0 Å². The second kappa shape index (κ2) is 12.2. The van der Waals surface area contributed by atoms with Crippen LogP contribution in [0.3, 0.4) is 0 Å². The molecule has 0 saturated carbocycles. The molecule has 252 valence electrons. The third kappa shape index (κ3) is 4.88. The van der Waals surface area contributed by atoms with Gasteiger partial charge >= 0.3 is 0 Å². The lowest BCUT2D eigenvalue weighted by Crippen LogP contribution is -2.10. The topological polar surface area (TPSA) is 16.4 Å². The average molecular weight is 688 g/mol. The second-order valence-electron chi connectivity index (χ2n) is 14.1. The van der Waals surface area contributed by atoms with E-state index in [1.54, 1.807) is 0 Å². The summed E-state index contributed by atoms with van der Waals surface area (Å²) in [6, 6.07) is 72.2. The Balaban J connectivity index is 1.06. The van der Waals surface area contributed by atoms with Gasteiger partial charge in [0, 0.05) is 22.1 Å². The molecule has 0 radical (unpaired) electrons. The number of benzene rings is 10. The minimum Gasteiger partial charge on any atom is -0.454 e. The van der Waals surface area contributed by atoms with Crippen LogP contribution in [0.25, 0.3) is 87.3 Å². The predicted octanol–water partition coefficient (Wildman–Crippen LogP) is 15.0. The molecule has 0 aliphatic carbocycles.